The molecule has 0 aliphatic carbocycles. The standard InChI is InChI=1S/C16H18N2O3S/c1-2-3-10-20-13-8-6-12(7-9-13)17-16(22)18-15(19)14-5-4-11-21-14/h4-9,11H,2-3,10H2,1H3,(H2,17,18,19,22). The molecular formula is C16H18N2O3S. The molecule has 0 spiro atoms. The molecule has 5 nitrogen and oxygen atoms in total. The first-order chi connectivity index (χ1) is 10.7. The molecule has 2 N–H and O–H groups in total. The summed E-state index contributed by atoms with van der Waals surface area (Å²) in [5.74, 6) is 0.635. The van der Waals surface area contributed by atoms with Crippen molar-refractivity contribution in [2.24, 2.45) is 0 Å². The van der Waals surface area contributed by atoms with Gasteiger partial charge >= 0.3 is 0 Å². The first kappa shape index (κ1) is 16.0. The van der Waals surface area contributed by atoms with Gasteiger partial charge in [0.15, 0.2) is 10.9 Å². The van der Waals surface area contributed by atoms with Crippen molar-refractivity contribution in [1.29, 1.82) is 0 Å². The molecule has 2 rings (SSSR count). The van der Waals surface area contributed by atoms with Crippen molar-refractivity contribution in [2.75, 3.05) is 11.9 Å². The number of nitrogens with one attached hydrogen (secondary N) is 2. The van der Waals surface area contributed by atoms with Gasteiger partial charge in [-0.15, -0.1) is 0 Å². The Hall–Kier alpha value is -2.34. The quantitative estimate of drug-likeness (QED) is 0.629. The zero-order chi connectivity index (χ0) is 15.8. The molecule has 1 aromatic heterocycles. The molecule has 1 heterocycles. The molecule has 22 heavy (non-hydrogen) atoms. The molecule has 116 valence electrons. The fourth-order valence-electron chi connectivity index (χ4n) is 1.70. The van der Waals surface area contributed by atoms with E-state index < -0.39 is 0 Å². The van der Waals surface area contributed by atoms with Crippen LogP contribution in [0, 0.1) is 0 Å². The smallest absolute Gasteiger partial charge is 0.293 e. The molecule has 0 radical (unpaired) electrons. The average molecular weight is 318 g/mol. The minimum absolute atomic E-state index is 0.209. The number of rotatable bonds is 6. The summed E-state index contributed by atoms with van der Waals surface area (Å²) in [5, 5.41) is 5.68. The molecule has 0 fully saturated rings. The largest absolute Gasteiger partial charge is 0.494 e. The number of hydrogen-bond donors (Lipinski definition) is 2. The predicted molar refractivity (Wildman–Crippen MR) is 89.2 cm³/mol. The minimum atomic E-state index is -0.387. The maximum atomic E-state index is 11.8. The fraction of sp³-hybridized carbons (Fsp3) is 0.250. The molecule has 0 aliphatic heterocycles. The van der Waals surface area contributed by atoms with Crippen molar-refractivity contribution in [3.05, 3.63) is 48.4 Å². The van der Waals surface area contributed by atoms with Crippen LogP contribution in [-0.4, -0.2) is 17.6 Å². The zero-order valence-electron chi connectivity index (χ0n) is 12.3. The lowest BCUT2D eigenvalue weighted by Gasteiger charge is -2.10. The van der Waals surface area contributed by atoms with Crippen molar-refractivity contribution < 1.29 is 13.9 Å². The second-order valence-electron chi connectivity index (χ2n) is 4.61. The molecular weight excluding hydrogens is 300 g/mol. The van der Waals surface area contributed by atoms with E-state index >= 15 is 0 Å². The van der Waals surface area contributed by atoms with Crippen LogP contribution in [-0.2, 0) is 0 Å². The molecule has 1 amide bonds. The third-order valence-corrected chi connectivity index (χ3v) is 3.05. The van der Waals surface area contributed by atoms with Gasteiger partial charge in [-0.05, 0) is 55.0 Å². The van der Waals surface area contributed by atoms with E-state index in [0.717, 1.165) is 24.3 Å². The number of amides is 1. The number of carbonyl (C=O) groups excluding carboxylic acids is 1. The van der Waals surface area contributed by atoms with Crippen molar-refractivity contribution in [1.82, 2.24) is 5.32 Å². The summed E-state index contributed by atoms with van der Waals surface area (Å²) in [6.07, 6.45) is 3.56. The highest BCUT2D eigenvalue weighted by Crippen LogP contribution is 2.16. The van der Waals surface area contributed by atoms with Gasteiger partial charge in [-0.1, -0.05) is 13.3 Å². The first-order valence-corrected chi connectivity index (χ1v) is 7.48. The Morgan fingerprint density at radius 1 is 1.27 bits per heavy atom. The zero-order valence-corrected chi connectivity index (χ0v) is 13.1. The number of unbranched alkanes of at least 4 members (excludes halogenated alkanes) is 1. The van der Waals surface area contributed by atoms with Gasteiger partial charge in [-0.3, -0.25) is 10.1 Å². The lowest BCUT2D eigenvalue weighted by molar-refractivity contribution is 0.0950. The molecule has 0 saturated heterocycles. The van der Waals surface area contributed by atoms with E-state index in [2.05, 4.69) is 17.6 Å². The Balaban J connectivity index is 1.82. The highest BCUT2D eigenvalue weighted by atomic mass is 32.1. The maximum Gasteiger partial charge on any atom is 0.293 e. The summed E-state index contributed by atoms with van der Waals surface area (Å²) in [6.45, 7) is 2.83. The monoisotopic (exact) mass is 318 g/mol. The average Bonchev–Trinajstić information content (AvgIpc) is 3.03. The van der Waals surface area contributed by atoms with E-state index in [1.165, 1.54) is 6.26 Å². The fourth-order valence-corrected chi connectivity index (χ4v) is 1.91. The molecule has 1 aromatic carbocycles. The Labute approximate surface area is 134 Å². The van der Waals surface area contributed by atoms with E-state index in [9.17, 15) is 4.79 Å². The van der Waals surface area contributed by atoms with Crippen molar-refractivity contribution >= 4 is 28.9 Å². The van der Waals surface area contributed by atoms with Gasteiger partial charge in [0, 0.05) is 5.69 Å². The Morgan fingerprint density at radius 3 is 2.68 bits per heavy atom. The van der Waals surface area contributed by atoms with Crippen LogP contribution in [0.5, 0.6) is 5.75 Å². The van der Waals surface area contributed by atoms with Crippen LogP contribution in [0.2, 0.25) is 0 Å². The number of furan rings is 1. The first-order valence-electron chi connectivity index (χ1n) is 7.07. The highest BCUT2D eigenvalue weighted by molar-refractivity contribution is 7.80. The molecule has 2 aromatic rings. The van der Waals surface area contributed by atoms with Crippen LogP contribution in [0.25, 0.3) is 0 Å². The van der Waals surface area contributed by atoms with Gasteiger partial charge in [0.25, 0.3) is 5.91 Å². The maximum absolute atomic E-state index is 11.8. The van der Waals surface area contributed by atoms with Crippen LogP contribution in [0.1, 0.15) is 30.3 Å². The van der Waals surface area contributed by atoms with Crippen LogP contribution >= 0.6 is 12.2 Å². The second-order valence-corrected chi connectivity index (χ2v) is 5.02. The van der Waals surface area contributed by atoms with Crippen LogP contribution in [0.4, 0.5) is 5.69 Å². The minimum Gasteiger partial charge on any atom is -0.494 e. The van der Waals surface area contributed by atoms with Gasteiger partial charge < -0.3 is 14.5 Å². The van der Waals surface area contributed by atoms with Gasteiger partial charge in [0.2, 0.25) is 0 Å². The summed E-state index contributed by atoms with van der Waals surface area (Å²) in [6, 6.07) is 10.6. The normalized spacial score (nSPS) is 10.0. The summed E-state index contributed by atoms with van der Waals surface area (Å²) in [4.78, 5) is 11.8. The number of anilines is 1. The van der Waals surface area contributed by atoms with E-state index in [0.29, 0.717) is 6.61 Å². The van der Waals surface area contributed by atoms with E-state index in [-0.39, 0.29) is 16.8 Å². The van der Waals surface area contributed by atoms with Crippen LogP contribution < -0.4 is 15.4 Å². The van der Waals surface area contributed by atoms with E-state index in [1.54, 1.807) is 12.1 Å². The van der Waals surface area contributed by atoms with Crippen molar-refractivity contribution in [3.8, 4) is 5.75 Å². The molecule has 0 atom stereocenters. The van der Waals surface area contributed by atoms with Crippen molar-refractivity contribution in [3.63, 3.8) is 0 Å². The lowest BCUT2D eigenvalue weighted by atomic mass is 10.3. The predicted octanol–water partition coefficient (Wildman–Crippen LogP) is 3.59. The van der Waals surface area contributed by atoms with E-state index in [4.69, 9.17) is 21.4 Å². The second kappa shape index (κ2) is 8.19. The highest BCUT2D eigenvalue weighted by Gasteiger charge is 2.10. The van der Waals surface area contributed by atoms with Crippen molar-refractivity contribution in [2.45, 2.75) is 19.8 Å². The van der Waals surface area contributed by atoms with Gasteiger partial charge in [-0.2, -0.15) is 0 Å². The van der Waals surface area contributed by atoms with Gasteiger partial charge in [-0.25, -0.2) is 0 Å². The Morgan fingerprint density at radius 2 is 2.05 bits per heavy atom. The van der Waals surface area contributed by atoms with E-state index in [1.807, 2.05) is 24.3 Å². The molecule has 0 unspecified atom stereocenters. The number of hydrogen-bond acceptors (Lipinski definition) is 4. The van der Waals surface area contributed by atoms with Gasteiger partial charge in [0.05, 0.1) is 12.9 Å². The third-order valence-electron chi connectivity index (χ3n) is 2.85. The summed E-state index contributed by atoms with van der Waals surface area (Å²) in [5.41, 5.74) is 0.771. The molecule has 0 aliphatic rings. The summed E-state index contributed by atoms with van der Waals surface area (Å²) >= 11 is 5.09. The summed E-state index contributed by atoms with van der Waals surface area (Å²) in [7, 11) is 0. The number of ether oxygens (including phenoxy) is 1. The SMILES string of the molecule is CCCCOc1ccc(NC(=S)NC(=O)c2ccco2)cc1. The third kappa shape index (κ3) is 4.89. The Kier molecular flexibility index (Phi) is 5.97. The number of benzene rings is 1. The topological polar surface area (TPSA) is 63.5 Å². The van der Waals surface area contributed by atoms with Crippen LogP contribution in [0.3, 0.4) is 0 Å². The molecule has 0 saturated carbocycles. The molecule has 0 bridgehead atoms. The van der Waals surface area contributed by atoms with Crippen LogP contribution in [0.15, 0.2) is 47.1 Å². The summed E-state index contributed by atoms with van der Waals surface area (Å²) < 4.78 is 10.6. The lowest BCUT2D eigenvalue weighted by Crippen LogP contribution is -2.33. The number of thiocarbonyl (C=S) groups is 1. The number of carbonyl (C=O) groups is 1. The molecule has 6 heteroatoms. The van der Waals surface area contributed by atoms with Gasteiger partial charge in [0.1, 0.15) is 5.75 Å². The Bertz CT molecular complexity index is 609.